The number of benzene rings is 1. The Balaban J connectivity index is 1.80. The van der Waals surface area contributed by atoms with Crippen molar-refractivity contribution in [1.29, 1.82) is 0 Å². The third-order valence-corrected chi connectivity index (χ3v) is 5.02. The summed E-state index contributed by atoms with van der Waals surface area (Å²) >= 11 is 0. The average Bonchev–Trinajstić information content (AvgIpc) is 2.42. The zero-order chi connectivity index (χ0) is 15.7. The van der Waals surface area contributed by atoms with Crippen LogP contribution in [-0.2, 0) is 0 Å². The predicted octanol–water partition coefficient (Wildman–Crippen LogP) is 3.46. The second-order valence-corrected chi connectivity index (χ2v) is 6.51. The minimum absolute atomic E-state index is 0.190. The lowest BCUT2D eigenvalue weighted by molar-refractivity contribution is 0.0915. The summed E-state index contributed by atoms with van der Waals surface area (Å²) in [4.78, 5) is 13.0. The van der Waals surface area contributed by atoms with Gasteiger partial charge in [0.1, 0.15) is 5.82 Å². The molecule has 120 valence electrons. The highest BCUT2D eigenvalue weighted by molar-refractivity contribution is 5.66. The molecule has 1 saturated carbocycles. The van der Waals surface area contributed by atoms with Gasteiger partial charge in [-0.1, -0.05) is 12.5 Å². The number of nitrogens with zero attached hydrogens (tertiary/aromatic N) is 1. The van der Waals surface area contributed by atoms with Crippen molar-refractivity contribution in [3.63, 3.8) is 0 Å². The van der Waals surface area contributed by atoms with Crippen molar-refractivity contribution in [2.24, 2.45) is 0 Å². The number of piperidine rings is 1. The molecule has 1 aromatic rings. The average molecular weight is 306 g/mol. The first-order valence-electron chi connectivity index (χ1n) is 8.06. The van der Waals surface area contributed by atoms with Crippen LogP contribution in [-0.4, -0.2) is 34.7 Å². The summed E-state index contributed by atoms with van der Waals surface area (Å²) in [6.07, 6.45) is 4.44. The molecular formula is C17H23FN2O2. The fraction of sp³-hybridized carbons (Fsp3) is 0.588. The highest BCUT2D eigenvalue weighted by Crippen LogP contribution is 2.34. The molecule has 0 aromatic heterocycles. The molecule has 1 aromatic carbocycles. The zero-order valence-electron chi connectivity index (χ0n) is 12.9. The zero-order valence-corrected chi connectivity index (χ0v) is 12.9. The van der Waals surface area contributed by atoms with Gasteiger partial charge in [0.25, 0.3) is 0 Å². The van der Waals surface area contributed by atoms with Gasteiger partial charge in [-0.25, -0.2) is 9.18 Å². The number of rotatable bonds is 3. The Labute approximate surface area is 130 Å². The molecule has 2 fully saturated rings. The molecule has 0 radical (unpaired) electrons. The molecule has 2 aliphatic rings. The first kappa shape index (κ1) is 15.3. The number of amides is 1. The van der Waals surface area contributed by atoms with E-state index in [1.54, 1.807) is 6.07 Å². The van der Waals surface area contributed by atoms with Gasteiger partial charge >= 0.3 is 6.09 Å². The van der Waals surface area contributed by atoms with Crippen molar-refractivity contribution < 1.29 is 14.3 Å². The number of aryl methyl sites for hydroxylation is 1. The maximum atomic E-state index is 13.3. The Morgan fingerprint density at radius 3 is 2.68 bits per heavy atom. The van der Waals surface area contributed by atoms with Gasteiger partial charge in [0.2, 0.25) is 0 Å². The number of carbonyl (C=O) groups is 1. The number of hydrogen-bond donors (Lipinski definition) is 2. The van der Waals surface area contributed by atoms with E-state index in [0.29, 0.717) is 18.6 Å². The van der Waals surface area contributed by atoms with E-state index >= 15 is 0 Å². The Kier molecular flexibility index (Phi) is 4.34. The van der Waals surface area contributed by atoms with Crippen LogP contribution in [0.25, 0.3) is 0 Å². The minimum atomic E-state index is -0.893. The maximum absolute atomic E-state index is 13.3. The Hall–Kier alpha value is -1.62. The lowest BCUT2D eigenvalue weighted by Gasteiger charge is -2.41. The summed E-state index contributed by atoms with van der Waals surface area (Å²) in [5.74, 6) is -0.275. The van der Waals surface area contributed by atoms with E-state index in [0.717, 1.165) is 24.0 Å². The molecule has 5 heteroatoms. The highest BCUT2D eigenvalue weighted by atomic mass is 19.1. The summed E-state index contributed by atoms with van der Waals surface area (Å²) in [6, 6.07) is 5.39. The lowest BCUT2D eigenvalue weighted by Crippen LogP contribution is -2.50. The van der Waals surface area contributed by atoms with Crippen LogP contribution in [0.4, 0.5) is 9.18 Å². The molecule has 4 nitrogen and oxygen atoms in total. The van der Waals surface area contributed by atoms with Crippen molar-refractivity contribution >= 4 is 6.09 Å². The quantitative estimate of drug-likeness (QED) is 0.899. The van der Waals surface area contributed by atoms with Crippen molar-refractivity contribution in [3.05, 3.63) is 35.1 Å². The molecule has 2 atom stereocenters. The molecule has 0 spiro atoms. The van der Waals surface area contributed by atoms with E-state index < -0.39 is 6.09 Å². The van der Waals surface area contributed by atoms with Crippen LogP contribution in [0, 0.1) is 12.7 Å². The van der Waals surface area contributed by atoms with Crippen LogP contribution in [0.3, 0.4) is 0 Å². The molecule has 2 unspecified atom stereocenters. The number of halogens is 1. The van der Waals surface area contributed by atoms with Gasteiger partial charge in [-0.05, 0) is 55.9 Å². The standard InChI is InChI=1S/C17H23FN2O2/c1-11-9-12(18)5-6-15(11)16-10-14(19-13-3-2-4-13)7-8-20(16)17(21)22/h5-6,9,13-14,16,19H,2-4,7-8,10H2,1H3,(H,21,22). The second-order valence-electron chi connectivity index (χ2n) is 6.51. The molecule has 0 bridgehead atoms. The van der Waals surface area contributed by atoms with Crippen LogP contribution < -0.4 is 5.32 Å². The minimum Gasteiger partial charge on any atom is -0.465 e. The van der Waals surface area contributed by atoms with Gasteiger partial charge in [-0.15, -0.1) is 0 Å². The van der Waals surface area contributed by atoms with Crippen molar-refractivity contribution in [2.45, 2.75) is 57.2 Å². The van der Waals surface area contributed by atoms with E-state index in [1.807, 2.05) is 6.92 Å². The Bertz CT molecular complexity index is 560. The predicted molar refractivity (Wildman–Crippen MR) is 82.4 cm³/mol. The summed E-state index contributed by atoms with van der Waals surface area (Å²) in [7, 11) is 0. The van der Waals surface area contributed by atoms with Gasteiger partial charge in [-0.2, -0.15) is 0 Å². The lowest BCUT2D eigenvalue weighted by atomic mass is 9.87. The van der Waals surface area contributed by atoms with Crippen molar-refractivity contribution in [1.82, 2.24) is 10.2 Å². The summed E-state index contributed by atoms with van der Waals surface area (Å²) < 4.78 is 13.3. The van der Waals surface area contributed by atoms with E-state index in [4.69, 9.17) is 0 Å². The van der Waals surface area contributed by atoms with E-state index in [1.165, 1.54) is 36.3 Å². The molecule has 1 heterocycles. The smallest absolute Gasteiger partial charge is 0.407 e. The van der Waals surface area contributed by atoms with E-state index in [-0.39, 0.29) is 11.9 Å². The molecule has 1 saturated heterocycles. The van der Waals surface area contributed by atoms with Crippen LogP contribution in [0.5, 0.6) is 0 Å². The van der Waals surface area contributed by atoms with Crippen molar-refractivity contribution in [2.75, 3.05) is 6.54 Å². The van der Waals surface area contributed by atoms with Gasteiger partial charge < -0.3 is 15.3 Å². The van der Waals surface area contributed by atoms with E-state index in [9.17, 15) is 14.3 Å². The van der Waals surface area contributed by atoms with Crippen LogP contribution in [0.15, 0.2) is 18.2 Å². The van der Waals surface area contributed by atoms with Crippen molar-refractivity contribution in [3.8, 4) is 0 Å². The fourth-order valence-corrected chi connectivity index (χ4v) is 3.56. The largest absolute Gasteiger partial charge is 0.465 e. The molecule has 2 N–H and O–H groups in total. The fourth-order valence-electron chi connectivity index (χ4n) is 3.56. The molecule has 1 aliphatic heterocycles. The summed E-state index contributed by atoms with van der Waals surface area (Å²) in [5, 5.41) is 13.1. The van der Waals surface area contributed by atoms with Gasteiger partial charge in [0, 0.05) is 18.6 Å². The number of carboxylic acid groups (broad SMARTS) is 1. The van der Waals surface area contributed by atoms with Crippen LogP contribution in [0.2, 0.25) is 0 Å². The Morgan fingerprint density at radius 1 is 1.32 bits per heavy atom. The number of likely N-dealkylation sites (tertiary alicyclic amines) is 1. The number of hydrogen-bond acceptors (Lipinski definition) is 2. The topological polar surface area (TPSA) is 52.6 Å². The normalized spacial score (nSPS) is 25.8. The second kappa shape index (κ2) is 6.24. The molecule has 3 rings (SSSR count). The molecule has 1 aliphatic carbocycles. The SMILES string of the molecule is Cc1cc(F)ccc1C1CC(NC2CCC2)CCN1C(=O)O. The maximum Gasteiger partial charge on any atom is 0.407 e. The third kappa shape index (κ3) is 3.09. The first-order valence-corrected chi connectivity index (χ1v) is 8.06. The van der Waals surface area contributed by atoms with Crippen LogP contribution >= 0.6 is 0 Å². The number of nitrogens with one attached hydrogen (secondary N) is 1. The monoisotopic (exact) mass is 306 g/mol. The Morgan fingerprint density at radius 2 is 2.09 bits per heavy atom. The highest BCUT2D eigenvalue weighted by Gasteiger charge is 2.34. The summed E-state index contributed by atoms with van der Waals surface area (Å²) in [6.45, 7) is 2.38. The first-order chi connectivity index (χ1) is 10.5. The van der Waals surface area contributed by atoms with Crippen LogP contribution in [0.1, 0.15) is 49.3 Å². The van der Waals surface area contributed by atoms with Gasteiger partial charge in [0.15, 0.2) is 0 Å². The third-order valence-electron chi connectivity index (χ3n) is 5.02. The van der Waals surface area contributed by atoms with E-state index in [2.05, 4.69) is 5.32 Å². The summed E-state index contributed by atoms with van der Waals surface area (Å²) in [5.41, 5.74) is 1.74. The molecular weight excluding hydrogens is 283 g/mol. The molecule has 22 heavy (non-hydrogen) atoms. The van der Waals surface area contributed by atoms with Gasteiger partial charge in [0.05, 0.1) is 6.04 Å². The molecule has 1 amide bonds. The van der Waals surface area contributed by atoms with Gasteiger partial charge in [-0.3, -0.25) is 0 Å².